The standard InChI is InChI=1S/C12H24N2O/c1-9-3-5-14(7-12(9)13)10(2)11-4-6-15-8-11/h9-12H,3-8,13H2,1-2H3. The van der Waals surface area contributed by atoms with Crippen molar-refractivity contribution >= 4 is 0 Å². The average Bonchev–Trinajstić information content (AvgIpc) is 2.74. The van der Waals surface area contributed by atoms with Crippen LogP contribution in [0, 0.1) is 11.8 Å². The molecule has 2 rings (SSSR count). The number of nitrogens with two attached hydrogens (primary N) is 1. The summed E-state index contributed by atoms with van der Waals surface area (Å²) < 4.78 is 5.46. The molecule has 3 heteroatoms. The van der Waals surface area contributed by atoms with Crippen LogP contribution < -0.4 is 5.73 Å². The predicted octanol–water partition coefficient (Wildman–Crippen LogP) is 1.08. The number of hydrogen-bond donors (Lipinski definition) is 1. The highest BCUT2D eigenvalue weighted by molar-refractivity contribution is 4.86. The van der Waals surface area contributed by atoms with Gasteiger partial charge in [0.2, 0.25) is 0 Å². The van der Waals surface area contributed by atoms with Crippen molar-refractivity contribution in [3.63, 3.8) is 0 Å². The van der Waals surface area contributed by atoms with Crippen LogP contribution in [0.2, 0.25) is 0 Å². The van der Waals surface area contributed by atoms with Crippen molar-refractivity contribution in [3.05, 3.63) is 0 Å². The van der Waals surface area contributed by atoms with Crippen LogP contribution in [0.4, 0.5) is 0 Å². The number of hydrogen-bond acceptors (Lipinski definition) is 3. The topological polar surface area (TPSA) is 38.5 Å². The molecule has 2 aliphatic heterocycles. The Balaban J connectivity index is 1.87. The van der Waals surface area contributed by atoms with Gasteiger partial charge in [0.1, 0.15) is 0 Å². The third kappa shape index (κ3) is 2.52. The summed E-state index contributed by atoms with van der Waals surface area (Å²) in [5.74, 6) is 1.42. The van der Waals surface area contributed by atoms with Crippen LogP contribution in [0.3, 0.4) is 0 Å². The van der Waals surface area contributed by atoms with Crippen LogP contribution in [0.5, 0.6) is 0 Å². The Morgan fingerprint density at radius 2 is 2.20 bits per heavy atom. The van der Waals surface area contributed by atoms with Crippen molar-refractivity contribution in [2.24, 2.45) is 17.6 Å². The van der Waals surface area contributed by atoms with E-state index >= 15 is 0 Å². The van der Waals surface area contributed by atoms with Crippen LogP contribution in [-0.4, -0.2) is 43.3 Å². The molecule has 2 heterocycles. The maximum Gasteiger partial charge on any atom is 0.0509 e. The molecule has 2 N–H and O–H groups in total. The van der Waals surface area contributed by atoms with Gasteiger partial charge in [-0.2, -0.15) is 0 Å². The van der Waals surface area contributed by atoms with E-state index in [0.717, 1.165) is 25.7 Å². The quantitative estimate of drug-likeness (QED) is 0.744. The summed E-state index contributed by atoms with van der Waals surface area (Å²) in [6.07, 6.45) is 2.47. The minimum absolute atomic E-state index is 0.364. The number of piperidine rings is 1. The van der Waals surface area contributed by atoms with Crippen LogP contribution in [0.15, 0.2) is 0 Å². The van der Waals surface area contributed by atoms with Gasteiger partial charge in [-0.05, 0) is 38.1 Å². The Morgan fingerprint density at radius 3 is 2.80 bits per heavy atom. The van der Waals surface area contributed by atoms with Crippen LogP contribution in [0.25, 0.3) is 0 Å². The monoisotopic (exact) mass is 212 g/mol. The van der Waals surface area contributed by atoms with Gasteiger partial charge in [-0.1, -0.05) is 6.92 Å². The molecule has 0 aliphatic carbocycles. The zero-order chi connectivity index (χ0) is 10.8. The molecule has 4 unspecified atom stereocenters. The highest BCUT2D eigenvalue weighted by atomic mass is 16.5. The van der Waals surface area contributed by atoms with Gasteiger partial charge in [-0.25, -0.2) is 0 Å². The molecule has 2 saturated heterocycles. The fourth-order valence-corrected chi connectivity index (χ4v) is 2.73. The lowest BCUT2D eigenvalue weighted by molar-refractivity contribution is 0.0859. The van der Waals surface area contributed by atoms with Gasteiger partial charge >= 0.3 is 0 Å². The molecule has 4 atom stereocenters. The maximum absolute atomic E-state index is 6.13. The van der Waals surface area contributed by atoms with E-state index in [1.54, 1.807) is 0 Å². The summed E-state index contributed by atoms with van der Waals surface area (Å²) in [4.78, 5) is 2.56. The summed E-state index contributed by atoms with van der Waals surface area (Å²) in [5, 5.41) is 0. The lowest BCUT2D eigenvalue weighted by atomic mass is 9.90. The van der Waals surface area contributed by atoms with E-state index < -0.39 is 0 Å². The number of nitrogens with zero attached hydrogens (tertiary/aromatic N) is 1. The van der Waals surface area contributed by atoms with Gasteiger partial charge in [0.15, 0.2) is 0 Å². The van der Waals surface area contributed by atoms with E-state index in [4.69, 9.17) is 10.5 Å². The van der Waals surface area contributed by atoms with Crippen molar-refractivity contribution in [1.82, 2.24) is 4.90 Å². The maximum atomic E-state index is 6.13. The van der Waals surface area contributed by atoms with Crippen LogP contribution >= 0.6 is 0 Å². The lowest BCUT2D eigenvalue weighted by Crippen LogP contribution is -2.52. The number of likely N-dealkylation sites (tertiary alicyclic amines) is 1. The first-order chi connectivity index (χ1) is 7.18. The molecular weight excluding hydrogens is 188 g/mol. The summed E-state index contributed by atoms with van der Waals surface area (Å²) in [6.45, 7) is 8.78. The first kappa shape index (κ1) is 11.4. The number of ether oxygens (including phenoxy) is 1. The highest BCUT2D eigenvalue weighted by Gasteiger charge is 2.31. The van der Waals surface area contributed by atoms with Gasteiger partial charge in [0.05, 0.1) is 6.61 Å². The van der Waals surface area contributed by atoms with Gasteiger partial charge in [0.25, 0.3) is 0 Å². The molecule has 3 nitrogen and oxygen atoms in total. The van der Waals surface area contributed by atoms with Gasteiger partial charge < -0.3 is 10.5 Å². The molecule has 15 heavy (non-hydrogen) atoms. The van der Waals surface area contributed by atoms with Crippen LogP contribution in [0.1, 0.15) is 26.7 Å². The van der Waals surface area contributed by atoms with E-state index in [1.807, 2.05) is 0 Å². The second kappa shape index (κ2) is 4.81. The number of rotatable bonds is 2. The van der Waals surface area contributed by atoms with Crippen molar-refractivity contribution in [2.45, 2.75) is 38.8 Å². The normalized spacial score (nSPS) is 40.6. The molecule has 2 aliphatic rings. The second-order valence-electron chi connectivity index (χ2n) is 5.29. The second-order valence-corrected chi connectivity index (χ2v) is 5.29. The fraction of sp³-hybridized carbons (Fsp3) is 1.00. The molecule has 0 radical (unpaired) electrons. The zero-order valence-electron chi connectivity index (χ0n) is 9.98. The third-order valence-corrected chi connectivity index (χ3v) is 4.27. The van der Waals surface area contributed by atoms with Crippen molar-refractivity contribution < 1.29 is 4.74 Å². The molecule has 2 fully saturated rings. The summed E-state index contributed by atoms with van der Waals surface area (Å²) >= 11 is 0. The molecule has 88 valence electrons. The van der Waals surface area contributed by atoms with E-state index in [2.05, 4.69) is 18.7 Å². The minimum atomic E-state index is 0.364. The first-order valence-corrected chi connectivity index (χ1v) is 6.26. The lowest BCUT2D eigenvalue weighted by Gasteiger charge is -2.40. The Kier molecular flexibility index (Phi) is 3.65. The smallest absolute Gasteiger partial charge is 0.0509 e. The highest BCUT2D eigenvalue weighted by Crippen LogP contribution is 2.25. The summed E-state index contributed by atoms with van der Waals surface area (Å²) in [5.41, 5.74) is 6.13. The zero-order valence-corrected chi connectivity index (χ0v) is 9.98. The molecule has 0 aromatic heterocycles. The summed E-state index contributed by atoms with van der Waals surface area (Å²) in [7, 11) is 0. The Morgan fingerprint density at radius 1 is 1.40 bits per heavy atom. The van der Waals surface area contributed by atoms with E-state index in [-0.39, 0.29) is 0 Å². The average molecular weight is 212 g/mol. The molecule has 0 aromatic carbocycles. The van der Waals surface area contributed by atoms with Crippen molar-refractivity contribution in [1.29, 1.82) is 0 Å². The molecule has 0 saturated carbocycles. The SMILES string of the molecule is CC1CCN(C(C)C2CCOC2)CC1N. The predicted molar refractivity (Wildman–Crippen MR) is 61.7 cm³/mol. The molecule has 0 spiro atoms. The molecule has 0 amide bonds. The van der Waals surface area contributed by atoms with E-state index in [9.17, 15) is 0 Å². The first-order valence-electron chi connectivity index (χ1n) is 6.26. The van der Waals surface area contributed by atoms with Gasteiger partial charge in [0, 0.05) is 25.2 Å². The Bertz CT molecular complexity index is 204. The van der Waals surface area contributed by atoms with Crippen molar-refractivity contribution in [3.8, 4) is 0 Å². The Hall–Kier alpha value is -0.120. The fourth-order valence-electron chi connectivity index (χ4n) is 2.73. The van der Waals surface area contributed by atoms with E-state index in [0.29, 0.717) is 18.0 Å². The molecular formula is C12H24N2O. The molecule has 0 aromatic rings. The largest absolute Gasteiger partial charge is 0.381 e. The molecule has 0 bridgehead atoms. The third-order valence-electron chi connectivity index (χ3n) is 4.27. The van der Waals surface area contributed by atoms with Gasteiger partial charge in [-0.15, -0.1) is 0 Å². The Labute approximate surface area is 93.0 Å². The van der Waals surface area contributed by atoms with Gasteiger partial charge in [-0.3, -0.25) is 4.90 Å². The minimum Gasteiger partial charge on any atom is -0.381 e. The summed E-state index contributed by atoms with van der Waals surface area (Å²) in [6, 6.07) is 1.01. The van der Waals surface area contributed by atoms with Crippen LogP contribution in [-0.2, 0) is 4.74 Å². The van der Waals surface area contributed by atoms with Crippen molar-refractivity contribution in [2.75, 3.05) is 26.3 Å². The van der Waals surface area contributed by atoms with E-state index in [1.165, 1.54) is 19.4 Å².